The zero-order valence-corrected chi connectivity index (χ0v) is 13.8. The molecule has 21 heavy (non-hydrogen) atoms. The summed E-state index contributed by atoms with van der Waals surface area (Å²) in [5.74, 6) is 0.507. The number of nitriles is 1. The molecule has 120 valence electrons. The Bertz CT molecular complexity index is 368. The van der Waals surface area contributed by atoms with Crippen LogP contribution in [0, 0.1) is 17.2 Å². The fourth-order valence-electron chi connectivity index (χ4n) is 2.68. The smallest absolute Gasteiger partial charge is 0.223 e. The fourth-order valence-corrected chi connectivity index (χ4v) is 2.68. The van der Waals surface area contributed by atoms with Crippen molar-refractivity contribution in [3.63, 3.8) is 0 Å². The molecule has 1 N–H and O–H groups in total. The second-order valence-electron chi connectivity index (χ2n) is 6.61. The Hall–Kier alpha value is -1.12. The minimum atomic E-state index is -0.687. The first-order valence-corrected chi connectivity index (χ1v) is 7.89. The molecule has 5 heteroatoms. The van der Waals surface area contributed by atoms with Crippen LogP contribution >= 0.6 is 0 Å². The molecular formula is C16H29N3O2. The van der Waals surface area contributed by atoms with E-state index in [-0.39, 0.29) is 12.0 Å². The van der Waals surface area contributed by atoms with Crippen molar-refractivity contribution in [2.75, 3.05) is 26.7 Å². The molecule has 0 saturated carbocycles. The van der Waals surface area contributed by atoms with E-state index in [1.54, 1.807) is 0 Å². The van der Waals surface area contributed by atoms with Crippen molar-refractivity contribution in [3.05, 3.63) is 0 Å². The lowest BCUT2D eigenvalue weighted by Crippen LogP contribution is -2.53. The second kappa shape index (κ2) is 8.35. The van der Waals surface area contributed by atoms with Gasteiger partial charge < -0.3 is 15.0 Å². The topological polar surface area (TPSA) is 65.4 Å². The van der Waals surface area contributed by atoms with Crippen molar-refractivity contribution in [3.8, 4) is 6.07 Å². The summed E-state index contributed by atoms with van der Waals surface area (Å²) < 4.78 is 5.64. The second-order valence-corrected chi connectivity index (χ2v) is 6.61. The SMILES string of the molecule is CC(C)C[C@H](C)OCCC(=O)NC1(C#N)CCN(C)CC1. The molecule has 0 aliphatic carbocycles. The van der Waals surface area contributed by atoms with Gasteiger partial charge >= 0.3 is 0 Å². The van der Waals surface area contributed by atoms with E-state index in [0.29, 0.717) is 31.8 Å². The van der Waals surface area contributed by atoms with Gasteiger partial charge in [0.15, 0.2) is 0 Å². The number of rotatable bonds is 7. The Kier molecular flexibility index (Phi) is 7.13. The average Bonchev–Trinajstić information content (AvgIpc) is 2.41. The summed E-state index contributed by atoms with van der Waals surface area (Å²) >= 11 is 0. The number of nitrogens with zero attached hydrogens (tertiary/aromatic N) is 2. The predicted molar refractivity (Wildman–Crippen MR) is 82.7 cm³/mol. The maximum absolute atomic E-state index is 12.0. The molecule has 1 atom stereocenters. The molecule has 1 amide bonds. The highest BCUT2D eigenvalue weighted by molar-refractivity contribution is 5.77. The number of hydrogen-bond acceptors (Lipinski definition) is 4. The van der Waals surface area contributed by atoms with E-state index < -0.39 is 5.54 Å². The first-order chi connectivity index (χ1) is 9.87. The third-order valence-electron chi connectivity index (χ3n) is 3.97. The molecule has 0 aromatic heterocycles. The van der Waals surface area contributed by atoms with Crippen LogP contribution in [-0.4, -0.2) is 49.2 Å². The number of nitrogens with one attached hydrogen (secondary N) is 1. The van der Waals surface area contributed by atoms with E-state index in [2.05, 4.69) is 30.1 Å². The van der Waals surface area contributed by atoms with Gasteiger partial charge in [0.05, 0.1) is 25.2 Å². The molecule has 1 heterocycles. The van der Waals surface area contributed by atoms with Crippen LogP contribution < -0.4 is 5.32 Å². The van der Waals surface area contributed by atoms with Crippen molar-refractivity contribution in [1.29, 1.82) is 5.26 Å². The number of piperidine rings is 1. The van der Waals surface area contributed by atoms with Crippen LogP contribution in [0.25, 0.3) is 0 Å². The van der Waals surface area contributed by atoms with Gasteiger partial charge in [-0.2, -0.15) is 5.26 Å². The van der Waals surface area contributed by atoms with Gasteiger partial charge in [-0.3, -0.25) is 4.79 Å². The van der Waals surface area contributed by atoms with Gasteiger partial charge in [0.2, 0.25) is 5.91 Å². The van der Waals surface area contributed by atoms with Gasteiger partial charge in [-0.25, -0.2) is 0 Å². The van der Waals surface area contributed by atoms with Crippen LogP contribution in [0.4, 0.5) is 0 Å². The van der Waals surface area contributed by atoms with E-state index in [4.69, 9.17) is 4.74 Å². The summed E-state index contributed by atoms with van der Waals surface area (Å²) in [7, 11) is 2.03. The van der Waals surface area contributed by atoms with E-state index in [9.17, 15) is 10.1 Å². The van der Waals surface area contributed by atoms with Crippen molar-refractivity contribution in [2.24, 2.45) is 5.92 Å². The van der Waals surface area contributed by atoms with E-state index >= 15 is 0 Å². The van der Waals surface area contributed by atoms with Crippen molar-refractivity contribution >= 4 is 5.91 Å². The first kappa shape index (κ1) is 17.9. The Balaban J connectivity index is 2.31. The minimum Gasteiger partial charge on any atom is -0.378 e. The number of hydrogen-bond donors (Lipinski definition) is 1. The molecule has 1 saturated heterocycles. The minimum absolute atomic E-state index is 0.0853. The van der Waals surface area contributed by atoms with Crippen LogP contribution in [0.3, 0.4) is 0 Å². The largest absolute Gasteiger partial charge is 0.378 e. The molecule has 0 spiro atoms. The Morgan fingerprint density at radius 3 is 2.52 bits per heavy atom. The molecule has 1 fully saturated rings. The monoisotopic (exact) mass is 295 g/mol. The number of likely N-dealkylation sites (tertiary alicyclic amines) is 1. The zero-order valence-electron chi connectivity index (χ0n) is 13.8. The van der Waals surface area contributed by atoms with E-state index in [1.807, 2.05) is 14.0 Å². The Morgan fingerprint density at radius 2 is 2.00 bits per heavy atom. The lowest BCUT2D eigenvalue weighted by Gasteiger charge is -2.36. The maximum atomic E-state index is 12.0. The number of carbonyl (C=O) groups excluding carboxylic acids is 1. The van der Waals surface area contributed by atoms with Gasteiger partial charge in [-0.15, -0.1) is 0 Å². The summed E-state index contributed by atoms with van der Waals surface area (Å²) in [6, 6.07) is 2.29. The van der Waals surface area contributed by atoms with Crippen LogP contribution in [-0.2, 0) is 9.53 Å². The Labute approximate surface area is 128 Å². The lowest BCUT2D eigenvalue weighted by atomic mass is 9.89. The molecule has 0 unspecified atom stereocenters. The molecular weight excluding hydrogens is 266 g/mol. The van der Waals surface area contributed by atoms with Gasteiger partial charge in [0.1, 0.15) is 5.54 Å². The molecule has 0 radical (unpaired) electrons. The summed E-state index contributed by atoms with van der Waals surface area (Å²) in [6.45, 7) is 8.45. The van der Waals surface area contributed by atoms with Crippen LogP contribution in [0.15, 0.2) is 0 Å². The maximum Gasteiger partial charge on any atom is 0.223 e. The number of amides is 1. The number of ether oxygens (including phenoxy) is 1. The highest BCUT2D eigenvalue weighted by Gasteiger charge is 2.35. The van der Waals surface area contributed by atoms with Crippen LogP contribution in [0.5, 0.6) is 0 Å². The van der Waals surface area contributed by atoms with E-state index in [1.165, 1.54) is 0 Å². The lowest BCUT2D eigenvalue weighted by molar-refractivity contribution is -0.124. The normalized spacial score (nSPS) is 20.0. The standard InChI is InChI=1S/C16H29N3O2/c1-13(2)11-14(3)21-10-5-15(20)18-16(12-17)6-8-19(4)9-7-16/h13-14H,5-11H2,1-4H3,(H,18,20)/t14-/m0/s1. The Morgan fingerprint density at radius 1 is 1.38 bits per heavy atom. The quantitative estimate of drug-likeness (QED) is 0.779. The van der Waals surface area contributed by atoms with Gasteiger partial charge in [-0.05, 0) is 39.2 Å². The van der Waals surface area contributed by atoms with Gasteiger partial charge in [0, 0.05) is 13.1 Å². The fraction of sp³-hybridized carbons (Fsp3) is 0.875. The molecule has 1 rings (SSSR count). The third-order valence-corrected chi connectivity index (χ3v) is 3.97. The molecule has 0 aromatic carbocycles. The molecule has 1 aliphatic heterocycles. The third kappa shape index (κ3) is 6.45. The summed E-state index contributed by atoms with van der Waals surface area (Å²) in [5, 5.41) is 12.3. The van der Waals surface area contributed by atoms with Crippen molar-refractivity contribution < 1.29 is 9.53 Å². The number of carbonyl (C=O) groups is 1. The zero-order chi connectivity index (χ0) is 15.9. The van der Waals surface area contributed by atoms with Gasteiger partial charge in [0.25, 0.3) is 0 Å². The van der Waals surface area contributed by atoms with Crippen LogP contribution in [0.2, 0.25) is 0 Å². The van der Waals surface area contributed by atoms with Crippen LogP contribution in [0.1, 0.15) is 46.5 Å². The molecule has 1 aliphatic rings. The summed E-state index contributed by atoms with van der Waals surface area (Å²) in [6.07, 6.45) is 2.87. The highest BCUT2D eigenvalue weighted by atomic mass is 16.5. The summed E-state index contributed by atoms with van der Waals surface area (Å²) in [5.41, 5.74) is -0.687. The average molecular weight is 295 g/mol. The van der Waals surface area contributed by atoms with E-state index in [0.717, 1.165) is 19.5 Å². The first-order valence-electron chi connectivity index (χ1n) is 7.89. The highest BCUT2D eigenvalue weighted by Crippen LogP contribution is 2.20. The molecule has 5 nitrogen and oxygen atoms in total. The van der Waals surface area contributed by atoms with Gasteiger partial charge in [-0.1, -0.05) is 13.8 Å². The van der Waals surface area contributed by atoms with Crippen molar-refractivity contribution in [2.45, 2.75) is 58.1 Å². The molecule has 0 aromatic rings. The predicted octanol–water partition coefficient (Wildman–Crippen LogP) is 1.93. The molecule has 0 bridgehead atoms. The summed E-state index contributed by atoms with van der Waals surface area (Å²) in [4.78, 5) is 14.2. The van der Waals surface area contributed by atoms with Crippen molar-refractivity contribution in [1.82, 2.24) is 10.2 Å².